The van der Waals surface area contributed by atoms with Crippen molar-refractivity contribution in [1.29, 1.82) is 0 Å². The van der Waals surface area contributed by atoms with Gasteiger partial charge in [0.1, 0.15) is 5.69 Å². The number of rotatable bonds is 5. The maximum atomic E-state index is 12.6. The van der Waals surface area contributed by atoms with Gasteiger partial charge in [-0.25, -0.2) is 18.2 Å². The van der Waals surface area contributed by atoms with Crippen molar-refractivity contribution in [2.45, 2.75) is 24.7 Å². The number of carbonyl (C=O) groups is 1. The van der Waals surface area contributed by atoms with Crippen LogP contribution in [-0.2, 0) is 14.6 Å². The van der Waals surface area contributed by atoms with E-state index in [9.17, 15) is 13.2 Å². The predicted molar refractivity (Wildman–Crippen MR) is 104 cm³/mol. The number of aryl methyl sites for hydroxylation is 1. The zero-order valence-corrected chi connectivity index (χ0v) is 16.4. The van der Waals surface area contributed by atoms with Crippen LogP contribution >= 0.6 is 0 Å². The second-order valence-electron chi connectivity index (χ2n) is 6.92. The van der Waals surface area contributed by atoms with E-state index >= 15 is 0 Å². The Hall–Kier alpha value is -2.41. The number of hydrogen-bond donors (Lipinski definition) is 0. The zero-order chi connectivity index (χ0) is 19.4. The first kappa shape index (κ1) is 19.4. The van der Waals surface area contributed by atoms with Crippen LogP contribution < -0.4 is 4.90 Å². The van der Waals surface area contributed by atoms with Crippen LogP contribution in [0.1, 0.15) is 28.9 Å². The molecule has 0 radical (unpaired) electrons. The van der Waals surface area contributed by atoms with Gasteiger partial charge in [0.2, 0.25) is 0 Å². The Balaban J connectivity index is 1.58. The van der Waals surface area contributed by atoms with E-state index in [0.717, 1.165) is 37.2 Å². The summed E-state index contributed by atoms with van der Waals surface area (Å²) in [5.41, 5.74) is 2.26. The summed E-state index contributed by atoms with van der Waals surface area (Å²) >= 11 is 0. The third-order valence-electron chi connectivity index (χ3n) is 4.96. The van der Waals surface area contributed by atoms with E-state index < -0.39 is 15.8 Å². The van der Waals surface area contributed by atoms with Gasteiger partial charge in [-0.15, -0.1) is 0 Å². The number of hydrogen-bond acceptors (Lipinski definition) is 6. The second kappa shape index (κ2) is 8.08. The average Bonchev–Trinajstić information content (AvgIpc) is 2.68. The predicted octanol–water partition coefficient (Wildman–Crippen LogP) is 2.87. The highest BCUT2D eigenvalue weighted by molar-refractivity contribution is 7.91. The van der Waals surface area contributed by atoms with Crippen LogP contribution in [0.5, 0.6) is 0 Å². The van der Waals surface area contributed by atoms with E-state index in [1.54, 1.807) is 24.4 Å². The molecule has 0 unspecified atom stereocenters. The molecule has 2 aromatic rings. The Morgan fingerprint density at radius 1 is 1.15 bits per heavy atom. The number of aromatic nitrogens is 1. The minimum absolute atomic E-state index is 0.148. The van der Waals surface area contributed by atoms with E-state index in [-0.39, 0.29) is 17.4 Å². The number of esters is 1. The molecule has 144 valence electrons. The van der Waals surface area contributed by atoms with Gasteiger partial charge in [-0.3, -0.25) is 0 Å². The van der Waals surface area contributed by atoms with Crippen molar-refractivity contribution in [3.05, 3.63) is 53.9 Å². The summed E-state index contributed by atoms with van der Waals surface area (Å²) in [7, 11) is -1.93. The van der Waals surface area contributed by atoms with Crippen LogP contribution in [0.15, 0.2) is 47.5 Å². The number of carbonyl (C=O) groups excluding carboxylic acids is 1. The lowest BCUT2D eigenvalue weighted by Gasteiger charge is -2.33. The molecular weight excluding hydrogens is 364 g/mol. The molecule has 1 aromatic carbocycles. The quantitative estimate of drug-likeness (QED) is 0.733. The van der Waals surface area contributed by atoms with Crippen molar-refractivity contribution in [1.82, 2.24) is 4.98 Å². The summed E-state index contributed by atoms with van der Waals surface area (Å²) in [6.07, 6.45) is 3.28. The summed E-state index contributed by atoms with van der Waals surface area (Å²) in [5.74, 6) is -0.125. The Bertz CT molecular complexity index is 885. The molecule has 0 bridgehead atoms. The van der Waals surface area contributed by atoms with Gasteiger partial charge in [-0.05, 0) is 49.9 Å². The number of nitrogens with zero attached hydrogens (tertiary/aromatic N) is 2. The monoisotopic (exact) mass is 388 g/mol. The van der Waals surface area contributed by atoms with Crippen molar-refractivity contribution in [2.75, 3.05) is 30.9 Å². The number of benzene rings is 1. The van der Waals surface area contributed by atoms with Crippen molar-refractivity contribution in [2.24, 2.45) is 5.92 Å². The molecule has 1 aromatic heterocycles. The smallest absolute Gasteiger partial charge is 0.356 e. The van der Waals surface area contributed by atoms with Gasteiger partial charge >= 0.3 is 5.97 Å². The third-order valence-corrected chi connectivity index (χ3v) is 6.86. The van der Waals surface area contributed by atoms with Gasteiger partial charge < -0.3 is 9.64 Å². The highest BCUT2D eigenvalue weighted by Crippen LogP contribution is 2.26. The fraction of sp³-hybridized carbons (Fsp3) is 0.400. The molecule has 7 heteroatoms. The number of anilines is 1. The first-order valence-electron chi connectivity index (χ1n) is 8.98. The third kappa shape index (κ3) is 4.66. The number of piperidine rings is 1. The molecule has 6 nitrogen and oxygen atoms in total. The first-order chi connectivity index (χ1) is 12.9. The Morgan fingerprint density at radius 3 is 2.37 bits per heavy atom. The highest BCUT2D eigenvalue weighted by Gasteiger charge is 2.26. The first-order valence-corrected chi connectivity index (χ1v) is 10.6. The lowest BCUT2D eigenvalue weighted by molar-refractivity contribution is 0.0594. The van der Waals surface area contributed by atoms with E-state index in [4.69, 9.17) is 0 Å². The minimum atomic E-state index is -3.26. The molecule has 0 amide bonds. The van der Waals surface area contributed by atoms with E-state index in [0.29, 0.717) is 4.90 Å². The number of pyridine rings is 1. The van der Waals surface area contributed by atoms with Crippen LogP contribution in [-0.4, -0.2) is 45.3 Å². The molecule has 0 atom stereocenters. The van der Waals surface area contributed by atoms with Crippen molar-refractivity contribution < 1.29 is 17.9 Å². The molecule has 0 aliphatic carbocycles. The van der Waals surface area contributed by atoms with Crippen LogP contribution in [0.4, 0.5) is 5.69 Å². The van der Waals surface area contributed by atoms with Gasteiger partial charge in [0.15, 0.2) is 9.84 Å². The molecule has 0 N–H and O–H groups in total. The minimum Gasteiger partial charge on any atom is -0.464 e. The average molecular weight is 388 g/mol. The molecular formula is C20H24N2O4S. The topological polar surface area (TPSA) is 76.6 Å². The Kier molecular flexibility index (Phi) is 5.79. The highest BCUT2D eigenvalue weighted by atomic mass is 32.2. The maximum absolute atomic E-state index is 12.6. The molecule has 0 saturated carbocycles. The molecule has 1 aliphatic heterocycles. The van der Waals surface area contributed by atoms with Gasteiger partial charge in [0, 0.05) is 13.1 Å². The fourth-order valence-corrected chi connectivity index (χ4v) is 5.01. The summed E-state index contributed by atoms with van der Waals surface area (Å²) in [6, 6.07) is 10.5. The van der Waals surface area contributed by atoms with Gasteiger partial charge in [-0.2, -0.15) is 0 Å². The SMILES string of the molecule is COC(=O)c1ccc(N2CCC(CS(=O)(=O)c3ccc(C)cc3)CC2)cn1. The fourth-order valence-electron chi connectivity index (χ4n) is 3.31. The normalized spacial score (nSPS) is 15.6. The molecule has 1 saturated heterocycles. The van der Waals surface area contributed by atoms with E-state index in [1.807, 2.05) is 25.1 Å². The molecule has 1 aliphatic rings. The number of ether oxygens (including phenoxy) is 1. The van der Waals surface area contributed by atoms with Crippen LogP contribution in [0, 0.1) is 12.8 Å². The molecule has 1 fully saturated rings. The Morgan fingerprint density at radius 2 is 1.81 bits per heavy atom. The van der Waals surface area contributed by atoms with Crippen molar-refractivity contribution in [3.8, 4) is 0 Å². The van der Waals surface area contributed by atoms with E-state index in [2.05, 4.69) is 14.6 Å². The molecule has 3 rings (SSSR count). The zero-order valence-electron chi connectivity index (χ0n) is 15.6. The Labute approximate surface area is 160 Å². The summed E-state index contributed by atoms with van der Waals surface area (Å²) < 4.78 is 29.9. The van der Waals surface area contributed by atoms with Crippen LogP contribution in [0.2, 0.25) is 0 Å². The summed E-state index contributed by atoms with van der Waals surface area (Å²) in [5, 5.41) is 0. The lowest BCUT2D eigenvalue weighted by atomic mass is 9.98. The molecule has 27 heavy (non-hydrogen) atoms. The summed E-state index contributed by atoms with van der Waals surface area (Å²) in [6.45, 7) is 3.49. The maximum Gasteiger partial charge on any atom is 0.356 e. The van der Waals surface area contributed by atoms with Crippen molar-refractivity contribution in [3.63, 3.8) is 0 Å². The molecule has 2 heterocycles. The van der Waals surface area contributed by atoms with Crippen LogP contribution in [0.3, 0.4) is 0 Å². The largest absolute Gasteiger partial charge is 0.464 e. The van der Waals surface area contributed by atoms with Gasteiger partial charge in [0.25, 0.3) is 0 Å². The van der Waals surface area contributed by atoms with Crippen LogP contribution in [0.25, 0.3) is 0 Å². The van der Waals surface area contributed by atoms with Gasteiger partial charge in [-0.1, -0.05) is 17.7 Å². The second-order valence-corrected chi connectivity index (χ2v) is 8.95. The standard InChI is InChI=1S/C20H24N2O4S/c1-15-3-6-18(7-4-15)27(24,25)14-16-9-11-22(12-10-16)17-5-8-19(21-13-17)20(23)26-2/h3-8,13,16H,9-12,14H2,1-2H3. The van der Waals surface area contributed by atoms with Gasteiger partial charge in [0.05, 0.1) is 29.6 Å². The van der Waals surface area contributed by atoms with Crippen molar-refractivity contribution >= 4 is 21.5 Å². The number of sulfone groups is 1. The summed E-state index contributed by atoms with van der Waals surface area (Å²) in [4.78, 5) is 18.2. The lowest BCUT2D eigenvalue weighted by Crippen LogP contribution is -2.36. The molecule has 0 spiro atoms. The van der Waals surface area contributed by atoms with E-state index in [1.165, 1.54) is 7.11 Å². The number of methoxy groups -OCH3 is 1.